The van der Waals surface area contributed by atoms with Crippen LogP contribution >= 0.6 is 15.9 Å². The minimum absolute atomic E-state index is 0.125. The van der Waals surface area contributed by atoms with Crippen LogP contribution in [0, 0.1) is 11.6 Å². The molecular weight excluding hydrogens is 324 g/mol. The molecule has 0 saturated carbocycles. The van der Waals surface area contributed by atoms with Gasteiger partial charge in [0.25, 0.3) is 5.91 Å². The first-order valence-corrected chi connectivity index (χ1v) is 5.92. The van der Waals surface area contributed by atoms with Crippen molar-refractivity contribution in [3.05, 3.63) is 46.5 Å². The molecule has 0 unspecified atom stereocenters. The Bertz CT molecular complexity index is 511. The van der Waals surface area contributed by atoms with Crippen LogP contribution in [0.25, 0.3) is 0 Å². The molecule has 0 atom stereocenters. The van der Waals surface area contributed by atoms with Crippen LogP contribution in [-0.2, 0) is 4.79 Å². The number of hydrogen-bond acceptors (Lipinski definition) is 2. The highest BCUT2D eigenvalue weighted by molar-refractivity contribution is 9.10. The minimum Gasteiger partial charge on any atom is -0.480 e. The molecule has 102 valence electrons. The van der Waals surface area contributed by atoms with Gasteiger partial charge in [0.15, 0.2) is 0 Å². The van der Waals surface area contributed by atoms with Crippen LogP contribution in [0.15, 0.2) is 29.3 Å². The maximum atomic E-state index is 13.6. The number of carboxylic acid groups (broad SMARTS) is 1. The van der Waals surface area contributed by atoms with E-state index < -0.39 is 35.6 Å². The number of carbonyl (C=O) groups excluding carboxylic acids is 1. The van der Waals surface area contributed by atoms with Gasteiger partial charge >= 0.3 is 5.97 Å². The predicted octanol–water partition coefficient (Wildman–Crippen LogP) is 2.44. The molecule has 7 heteroatoms. The average molecular weight is 334 g/mol. The lowest BCUT2D eigenvalue weighted by Crippen LogP contribution is -2.36. The lowest BCUT2D eigenvalue weighted by Gasteiger charge is -2.19. The van der Waals surface area contributed by atoms with Gasteiger partial charge in [-0.2, -0.15) is 0 Å². The highest BCUT2D eigenvalue weighted by Crippen LogP contribution is 2.20. The van der Waals surface area contributed by atoms with E-state index in [1.54, 1.807) is 0 Å². The molecule has 0 saturated heterocycles. The highest BCUT2D eigenvalue weighted by Gasteiger charge is 2.24. The summed E-state index contributed by atoms with van der Waals surface area (Å²) in [4.78, 5) is 23.3. The molecule has 0 aliphatic heterocycles. The number of carboxylic acids is 1. The maximum absolute atomic E-state index is 13.6. The van der Waals surface area contributed by atoms with Crippen LogP contribution in [0.1, 0.15) is 10.4 Å². The van der Waals surface area contributed by atoms with Crippen LogP contribution in [0.3, 0.4) is 0 Å². The van der Waals surface area contributed by atoms with Crippen molar-refractivity contribution in [2.24, 2.45) is 0 Å². The number of amides is 1. The summed E-state index contributed by atoms with van der Waals surface area (Å²) in [6, 6.07) is 1.87. The smallest absolute Gasteiger partial charge is 0.323 e. The topological polar surface area (TPSA) is 57.6 Å². The van der Waals surface area contributed by atoms with Gasteiger partial charge < -0.3 is 10.0 Å². The van der Waals surface area contributed by atoms with Gasteiger partial charge in [-0.15, -0.1) is 6.58 Å². The van der Waals surface area contributed by atoms with Gasteiger partial charge in [-0.05, 0) is 12.1 Å². The third kappa shape index (κ3) is 3.85. The summed E-state index contributed by atoms with van der Waals surface area (Å²) >= 11 is 2.89. The molecule has 1 rings (SSSR count). The quantitative estimate of drug-likeness (QED) is 0.842. The molecule has 0 aromatic heterocycles. The van der Waals surface area contributed by atoms with Gasteiger partial charge in [0.1, 0.15) is 23.7 Å². The maximum Gasteiger partial charge on any atom is 0.323 e. The molecule has 0 heterocycles. The van der Waals surface area contributed by atoms with E-state index in [2.05, 4.69) is 22.5 Å². The Labute approximate surface area is 116 Å². The fourth-order valence-electron chi connectivity index (χ4n) is 1.44. The number of nitrogens with zero attached hydrogens (tertiary/aromatic N) is 1. The van der Waals surface area contributed by atoms with Gasteiger partial charge in [-0.25, -0.2) is 8.78 Å². The summed E-state index contributed by atoms with van der Waals surface area (Å²) in [6.07, 6.45) is 1.27. The van der Waals surface area contributed by atoms with Crippen LogP contribution in [-0.4, -0.2) is 35.0 Å². The first kappa shape index (κ1) is 15.3. The lowest BCUT2D eigenvalue weighted by atomic mass is 10.1. The zero-order chi connectivity index (χ0) is 14.6. The van der Waals surface area contributed by atoms with Crippen molar-refractivity contribution in [3.8, 4) is 0 Å². The third-order valence-corrected chi connectivity index (χ3v) is 2.64. The second kappa shape index (κ2) is 6.42. The SMILES string of the molecule is C=CCN(CC(=O)O)C(=O)c1c(F)cc(Br)cc1F. The number of hydrogen-bond donors (Lipinski definition) is 1. The van der Waals surface area contributed by atoms with Crippen LogP contribution in [0.2, 0.25) is 0 Å². The Kier molecular flexibility index (Phi) is 5.17. The van der Waals surface area contributed by atoms with Gasteiger partial charge in [0, 0.05) is 11.0 Å². The summed E-state index contributed by atoms with van der Waals surface area (Å²) in [5.41, 5.74) is -0.786. The molecule has 19 heavy (non-hydrogen) atoms. The van der Waals surface area contributed by atoms with E-state index in [-0.39, 0.29) is 11.0 Å². The molecule has 0 aliphatic carbocycles. The Morgan fingerprint density at radius 1 is 1.37 bits per heavy atom. The van der Waals surface area contributed by atoms with E-state index in [1.807, 2.05) is 0 Å². The van der Waals surface area contributed by atoms with Crippen molar-refractivity contribution in [2.75, 3.05) is 13.1 Å². The first-order chi connectivity index (χ1) is 8.86. The van der Waals surface area contributed by atoms with Crippen LogP contribution in [0.5, 0.6) is 0 Å². The molecule has 0 fully saturated rings. The molecule has 1 aromatic rings. The van der Waals surface area contributed by atoms with Gasteiger partial charge in [-0.1, -0.05) is 22.0 Å². The number of halogens is 3. The largest absolute Gasteiger partial charge is 0.480 e. The molecule has 1 aromatic carbocycles. The zero-order valence-electron chi connectivity index (χ0n) is 9.70. The van der Waals surface area contributed by atoms with Crippen molar-refractivity contribution < 1.29 is 23.5 Å². The number of aliphatic carboxylic acids is 1. The molecule has 0 radical (unpaired) electrons. The van der Waals surface area contributed by atoms with Gasteiger partial charge in [-0.3, -0.25) is 9.59 Å². The summed E-state index contributed by atoms with van der Waals surface area (Å²) in [5, 5.41) is 8.67. The van der Waals surface area contributed by atoms with Crippen LogP contribution in [0.4, 0.5) is 8.78 Å². The molecular formula is C12H10BrF2NO3. The third-order valence-electron chi connectivity index (χ3n) is 2.18. The number of benzene rings is 1. The zero-order valence-corrected chi connectivity index (χ0v) is 11.3. The normalized spacial score (nSPS) is 10.1. The van der Waals surface area contributed by atoms with E-state index in [0.29, 0.717) is 0 Å². The van der Waals surface area contributed by atoms with Gasteiger partial charge in [0.2, 0.25) is 0 Å². The first-order valence-electron chi connectivity index (χ1n) is 5.13. The van der Waals surface area contributed by atoms with Gasteiger partial charge in [0.05, 0.1) is 0 Å². The standard InChI is InChI=1S/C12H10BrF2NO3/c1-2-3-16(6-10(17)18)12(19)11-8(14)4-7(13)5-9(11)15/h2,4-5H,1,3,6H2,(H,17,18). The second-order valence-corrected chi connectivity index (χ2v) is 4.53. The van der Waals surface area contributed by atoms with E-state index in [4.69, 9.17) is 5.11 Å². The Morgan fingerprint density at radius 2 is 1.89 bits per heavy atom. The van der Waals surface area contributed by atoms with E-state index in [0.717, 1.165) is 17.0 Å². The van der Waals surface area contributed by atoms with E-state index in [9.17, 15) is 18.4 Å². The Hall–Kier alpha value is -1.76. The Morgan fingerprint density at radius 3 is 2.32 bits per heavy atom. The molecule has 0 spiro atoms. The second-order valence-electron chi connectivity index (χ2n) is 3.61. The summed E-state index contributed by atoms with van der Waals surface area (Å²) < 4.78 is 27.4. The fraction of sp³-hybridized carbons (Fsp3) is 0.167. The lowest BCUT2D eigenvalue weighted by molar-refractivity contribution is -0.137. The fourth-order valence-corrected chi connectivity index (χ4v) is 1.84. The molecule has 0 aliphatic rings. The molecule has 0 bridgehead atoms. The summed E-state index contributed by atoms with van der Waals surface area (Å²) in [5.74, 6) is -4.44. The van der Waals surface area contributed by atoms with E-state index >= 15 is 0 Å². The van der Waals surface area contributed by atoms with Crippen molar-refractivity contribution in [2.45, 2.75) is 0 Å². The molecule has 1 N–H and O–H groups in total. The number of carbonyl (C=O) groups is 2. The average Bonchev–Trinajstić information content (AvgIpc) is 2.26. The number of rotatable bonds is 5. The monoisotopic (exact) mass is 333 g/mol. The van der Waals surface area contributed by atoms with Crippen LogP contribution < -0.4 is 0 Å². The highest BCUT2D eigenvalue weighted by atomic mass is 79.9. The van der Waals surface area contributed by atoms with E-state index in [1.165, 1.54) is 6.08 Å². The van der Waals surface area contributed by atoms with Crippen molar-refractivity contribution in [3.63, 3.8) is 0 Å². The summed E-state index contributed by atoms with van der Waals surface area (Å²) in [6.45, 7) is 2.57. The predicted molar refractivity (Wildman–Crippen MR) is 67.8 cm³/mol. The summed E-state index contributed by atoms with van der Waals surface area (Å²) in [7, 11) is 0. The minimum atomic E-state index is -1.28. The molecule has 1 amide bonds. The van der Waals surface area contributed by atoms with Crippen molar-refractivity contribution in [1.82, 2.24) is 4.90 Å². The molecule has 4 nitrogen and oxygen atoms in total. The van der Waals surface area contributed by atoms with Crippen molar-refractivity contribution >= 4 is 27.8 Å². The Balaban J connectivity index is 3.16. The van der Waals surface area contributed by atoms with Crippen molar-refractivity contribution in [1.29, 1.82) is 0 Å².